The third-order valence-corrected chi connectivity index (χ3v) is 10.5. The lowest BCUT2D eigenvalue weighted by molar-refractivity contribution is 0.668. The summed E-state index contributed by atoms with van der Waals surface area (Å²) in [6, 6.07) is 64.5. The predicted molar refractivity (Wildman–Crippen MR) is 227 cm³/mol. The average Bonchev–Trinajstić information content (AvgIpc) is 3.85. The highest BCUT2D eigenvalue weighted by atomic mass is 16.3. The highest BCUT2D eigenvalue weighted by Gasteiger charge is 2.22. The van der Waals surface area contributed by atoms with Crippen molar-refractivity contribution < 1.29 is 8.83 Å². The lowest BCUT2D eigenvalue weighted by Crippen LogP contribution is -2.01. The Morgan fingerprint density at radius 3 is 1.45 bits per heavy atom. The van der Waals surface area contributed by atoms with Crippen molar-refractivity contribution >= 4 is 43.9 Å². The molecular weight excluding hydrogens is 687 g/mol. The van der Waals surface area contributed by atoms with Crippen molar-refractivity contribution in [3.63, 3.8) is 0 Å². The quantitative estimate of drug-likeness (QED) is 0.171. The molecule has 3 aromatic heterocycles. The summed E-state index contributed by atoms with van der Waals surface area (Å²) in [4.78, 5) is 15.6. The Morgan fingerprint density at radius 1 is 0.286 bits per heavy atom. The van der Waals surface area contributed by atoms with Crippen LogP contribution in [0.2, 0.25) is 0 Å². The van der Waals surface area contributed by atoms with Crippen molar-refractivity contribution in [2.24, 2.45) is 0 Å². The maximum Gasteiger partial charge on any atom is 0.167 e. The second kappa shape index (κ2) is 13.0. The fraction of sp³-hybridized carbons (Fsp3) is 0. The number of hydrogen-bond donors (Lipinski definition) is 0. The minimum absolute atomic E-state index is 0.531. The molecule has 0 saturated heterocycles. The Balaban J connectivity index is 1.13. The molecule has 56 heavy (non-hydrogen) atoms. The van der Waals surface area contributed by atoms with E-state index in [0.717, 1.165) is 88.4 Å². The molecule has 0 fully saturated rings. The maximum atomic E-state index is 6.76. The van der Waals surface area contributed by atoms with E-state index in [1.807, 2.05) is 42.5 Å². The summed E-state index contributed by atoms with van der Waals surface area (Å²) >= 11 is 0. The normalized spacial score (nSPS) is 11.6. The molecule has 0 aliphatic heterocycles. The van der Waals surface area contributed by atoms with Gasteiger partial charge in [0.2, 0.25) is 0 Å². The van der Waals surface area contributed by atoms with E-state index in [0.29, 0.717) is 23.1 Å². The summed E-state index contributed by atoms with van der Waals surface area (Å²) in [5, 5.41) is 4.21. The first kappa shape index (κ1) is 31.9. The second-order valence-electron chi connectivity index (χ2n) is 14.0. The third-order valence-electron chi connectivity index (χ3n) is 10.5. The van der Waals surface area contributed by atoms with Gasteiger partial charge in [0.15, 0.2) is 17.5 Å². The van der Waals surface area contributed by atoms with E-state index in [9.17, 15) is 0 Å². The minimum atomic E-state index is 0.531. The van der Waals surface area contributed by atoms with Gasteiger partial charge in [-0.25, -0.2) is 15.0 Å². The fourth-order valence-electron chi connectivity index (χ4n) is 7.83. The highest BCUT2D eigenvalue weighted by Crippen LogP contribution is 2.43. The number of rotatable bonds is 6. The smallest absolute Gasteiger partial charge is 0.167 e. The van der Waals surface area contributed by atoms with E-state index in [4.69, 9.17) is 23.8 Å². The van der Waals surface area contributed by atoms with Crippen LogP contribution in [0.15, 0.2) is 197 Å². The number of aromatic nitrogens is 3. The second-order valence-corrected chi connectivity index (χ2v) is 14.0. The van der Waals surface area contributed by atoms with Crippen LogP contribution in [0, 0.1) is 0 Å². The zero-order valence-electron chi connectivity index (χ0n) is 30.1. The molecule has 3 heterocycles. The number of furan rings is 2. The summed E-state index contributed by atoms with van der Waals surface area (Å²) in [6.45, 7) is 0. The van der Waals surface area contributed by atoms with Crippen molar-refractivity contribution in [1.82, 2.24) is 15.0 Å². The molecule has 11 aromatic rings. The molecule has 262 valence electrons. The van der Waals surface area contributed by atoms with Crippen LogP contribution in [-0.2, 0) is 0 Å². The van der Waals surface area contributed by atoms with E-state index < -0.39 is 0 Å². The molecular formula is C51H31N3O2. The van der Waals surface area contributed by atoms with Crippen LogP contribution in [0.4, 0.5) is 0 Å². The Hall–Kier alpha value is -7.63. The SMILES string of the molecule is c1ccc(-c2cccc(-c3nc(-c4cccc(-c5ccccc5)c4)nc(-c4ccc(-c5ccc6c(c5)oc5ccccc56)c5c4oc4ccccc45)n3)c2)cc1. The Kier molecular flexibility index (Phi) is 7.42. The number of hydrogen-bond acceptors (Lipinski definition) is 5. The van der Waals surface area contributed by atoms with Crippen LogP contribution in [-0.4, -0.2) is 15.0 Å². The molecule has 0 aliphatic carbocycles. The molecule has 0 saturated carbocycles. The standard InChI is InChI=1S/C51H31N3O2/c1-3-13-32(14-4-1)34-17-11-19-37(29-34)49-52-50(38-20-12-18-35(30-38)33-15-5-2-6-16-33)54-51(53-49)43-28-27-39(47-42-22-8-10-24-45(42)56-48(43)47)36-25-26-41-40-21-7-9-23-44(40)55-46(41)31-36/h1-31H. The van der Waals surface area contributed by atoms with Crippen molar-refractivity contribution in [3.05, 3.63) is 188 Å². The van der Waals surface area contributed by atoms with E-state index in [1.165, 1.54) is 0 Å². The molecule has 0 amide bonds. The number of benzene rings is 8. The van der Waals surface area contributed by atoms with Gasteiger partial charge in [0, 0.05) is 32.7 Å². The van der Waals surface area contributed by atoms with E-state index >= 15 is 0 Å². The monoisotopic (exact) mass is 717 g/mol. The number of para-hydroxylation sites is 2. The summed E-state index contributed by atoms with van der Waals surface area (Å²) in [6.07, 6.45) is 0. The van der Waals surface area contributed by atoms with Crippen LogP contribution in [0.3, 0.4) is 0 Å². The van der Waals surface area contributed by atoms with Gasteiger partial charge in [0.05, 0.1) is 5.56 Å². The van der Waals surface area contributed by atoms with Gasteiger partial charge in [0.1, 0.15) is 22.3 Å². The van der Waals surface area contributed by atoms with Gasteiger partial charge >= 0.3 is 0 Å². The summed E-state index contributed by atoms with van der Waals surface area (Å²) in [5.74, 6) is 1.69. The lowest BCUT2D eigenvalue weighted by atomic mass is 9.96. The van der Waals surface area contributed by atoms with Crippen molar-refractivity contribution in [2.75, 3.05) is 0 Å². The summed E-state index contributed by atoms with van der Waals surface area (Å²) in [5.41, 5.74) is 12.3. The largest absolute Gasteiger partial charge is 0.456 e. The zero-order valence-corrected chi connectivity index (χ0v) is 30.1. The maximum absolute atomic E-state index is 6.76. The van der Waals surface area contributed by atoms with Crippen LogP contribution in [0.25, 0.3) is 111 Å². The molecule has 0 aliphatic rings. The van der Waals surface area contributed by atoms with Gasteiger partial charge in [-0.15, -0.1) is 0 Å². The molecule has 0 unspecified atom stereocenters. The molecule has 11 rings (SSSR count). The topological polar surface area (TPSA) is 65.0 Å². The van der Waals surface area contributed by atoms with Gasteiger partial charge in [-0.1, -0.05) is 146 Å². The van der Waals surface area contributed by atoms with E-state index in [1.54, 1.807) is 0 Å². The molecule has 0 N–H and O–H groups in total. The van der Waals surface area contributed by atoms with Crippen LogP contribution in [0.5, 0.6) is 0 Å². The molecule has 5 nitrogen and oxygen atoms in total. The van der Waals surface area contributed by atoms with Crippen LogP contribution < -0.4 is 0 Å². The van der Waals surface area contributed by atoms with E-state index in [2.05, 4.69) is 146 Å². The van der Waals surface area contributed by atoms with E-state index in [-0.39, 0.29) is 0 Å². The first-order valence-corrected chi connectivity index (χ1v) is 18.7. The van der Waals surface area contributed by atoms with Crippen molar-refractivity contribution in [1.29, 1.82) is 0 Å². The van der Waals surface area contributed by atoms with Crippen molar-refractivity contribution in [2.45, 2.75) is 0 Å². The van der Waals surface area contributed by atoms with Gasteiger partial charge < -0.3 is 8.83 Å². The predicted octanol–water partition coefficient (Wildman–Crippen LogP) is 13.7. The zero-order chi connectivity index (χ0) is 37.0. The van der Waals surface area contributed by atoms with Gasteiger partial charge in [-0.2, -0.15) is 0 Å². The van der Waals surface area contributed by atoms with Crippen molar-refractivity contribution in [3.8, 4) is 67.5 Å². The average molecular weight is 718 g/mol. The Bertz CT molecular complexity index is 3150. The number of nitrogens with zero attached hydrogens (tertiary/aromatic N) is 3. The highest BCUT2D eigenvalue weighted by molar-refractivity contribution is 6.16. The van der Waals surface area contributed by atoms with Gasteiger partial charge in [0.25, 0.3) is 0 Å². The fourth-order valence-corrected chi connectivity index (χ4v) is 7.83. The van der Waals surface area contributed by atoms with Crippen LogP contribution in [0.1, 0.15) is 0 Å². The first-order valence-electron chi connectivity index (χ1n) is 18.7. The molecule has 0 spiro atoms. The Morgan fingerprint density at radius 2 is 0.786 bits per heavy atom. The molecule has 8 aromatic carbocycles. The number of fused-ring (bicyclic) bond motifs is 6. The minimum Gasteiger partial charge on any atom is -0.456 e. The summed E-state index contributed by atoms with van der Waals surface area (Å²) < 4.78 is 13.1. The van der Waals surface area contributed by atoms with Crippen LogP contribution >= 0.6 is 0 Å². The third kappa shape index (κ3) is 5.45. The first-order chi connectivity index (χ1) is 27.7. The molecule has 5 heteroatoms. The molecule has 0 bridgehead atoms. The molecule has 0 atom stereocenters. The van der Waals surface area contributed by atoms with Gasteiger partial charge in [-0.3, -0.25) is 0 Å². The van der Waals surface area contributed by atoms with Gasteiger partial charge in [-0.05, 0) is 75.8 Å². The lowest BCUT2D eigenvalue weighted by Gasteiger charge is -2.12. The summed E-state index contributed by atoms with van der Waals surface area (Å²) in [7, 11) is 0. The Labute approximate surface area is 322 Å². The molecule has 0 radical (unpaired) electrons.